The standard InChI is InChI=1S/C29H56O7/c1-15-23(8)20(2,3)29(14,33)27(12,36-25(23,10)16-30)19-34-18-24(9)21(4,5)28(13,32)22(6,7)35-26(24,11)17-31/h30-33H,15-19H2,1-14H3. The lowest BCUT2D eigenvalue weighted by molar-refractivity contribution is -0.387. The van der Waals surface area contributed by atoms with Crippen molar-refractivity contribution in [2.45, 2.75) is 137 Å². The molecule has 2 rings (SSSR count). The van der Waals surface area contributed by atoms with Gasteiger partial charge < -0.3 is 34.6 Å². The predicted octanol–water partition coefficient (Wildman–Crippen LogP) is 4.08. The summed E-state index contributed by atoms with van der Waals surface area (Å²) in [5.41, 5.74) is -9.17. The van der Waals surface area contributed by atoms with Crippen molar-refractivity contribution in [2.24, 2.45) is 21.7 Å². The Morgan fingerprint density at radius 2 is 0.972 bits per heavy atom. The second-order valence-electron chi connectivity index (χ2n) is 14.6. The van der Waals surface area contributed by atoms with Gasteiger partial charge in [-0.15, -0.1) is 0 Å². The molecule has 0 radical (unpaired) electrons. The van der Waals surface area contributed by atoms with Gasteiger partial charge in [0.05, 0.1) is 54.4 Å². The fraction of sp³-hybridized carbons (Fsp3) is 1.00. The van der Waals surface area contributed by atoms with Gasteiger partial charge in [-0.05, 0) is 54.9 Å². The Morgan fingerprint density at radius 1 is 0.556 bits per heavy atom. The fourth-order valence-electron chi connectivity index (χ4n) is 7.48. The van der Waals surface area contributed by atoms with Gasteiger partial charge in [0.2, 0.25) is 0 Å². The van der Waals surface area contributed by atoms with E-state index in [4.69, 9.17) is 14.2 Å². The van der Waals surface area contributed by atoms with Gasteiger partial charge in [0.1, 0.15) is 5.60 Å². The van der Waals surface area contributed by atoms with Crippen molar-refractivity contribution in [1.29, 1.82) is 0 Å². The lowest BCUT2D eigenvalue weighted by Crippen LogP contribution is -2.78. The molecule has 214 valence electrons. The molecule has 2 aliphatic rings. The topological polar surface area (TPSA) is 109 Å². The van der Waals surface area contributed by atoms with Crippen molar-refractivity contribution in [3.63, 3.8) is 0 Å². The van der Waals surface area contributed by atoms with E-state index < -0.39 is 55.3 Å². The molecular formula is C29H56O7. The minimum absolute atomic E-state index is 0.0531. The van der Waals surface area contributed by atoms with Crippen LogP contribution < -0.4 is 0 Å². The molecule has 0 aliphatic carbocycles. The first-order valence-electron chi connectivity index (χ1n) is 13.4. The summed E-state index contributed by atoms with van der Waals surface area (Å²) in [6.45, 7) is 26.8. The second-order valence-corrected chi connectivity index (χ2v) is 14.6. The molecule has 7 nitrogen and oxygen atoms in total. The van der Waals surface area contributed by atoms with Crippen LogP contribution in [0.25, 0.3) is 0 Å². The van der Waals surface area contributed by atoms with Crippen molar-refractivity contribution >= 4 is 0 Å². The molecule has 36 heavy (non-hydrogen) atoms. The Kier molecular flexibility index (Phi) is 7.64. The Hall–Kier alpha value is -0.280. The smallest absolute Gasteiger partial charge is 0.118 e. The van der Waals surface area contributed by atoms with E-state index in [1.165, 1.54) is 0 Å². The van der Waals surface area contributed by atoms with Crippen molar-refractivity contribution in [2.75, 3.05) is 26.4 Å². The molecule has 7 unspecified atom stereocenters. The van der Waals surface area contributed by atoms with Gasteiger partial charge >= 0.3 is 0 Å². The van der Waals surface area contributed by atoms with Crippen LogP contribution in [0.2, 0.25) is 0 Å². The van der Waals surface area contributed by atoms with Gasteiger partial charge in [0, 0.05) is 21.7 Å². The van der Waals surface area contributed by atoms with Crippen LogP contribution in [-0.4, -0.2) is 80.5 Å². The zero-order valence-electron chi connectivity index (χ0n) is 25.5. The number of aliphatic hydroxyl groups is 4. The molecule has 7 heteroatoms. The third kappa shape index (κ3) is 3.56. The van der Waals surface area contributed by atoms with Crippen molar-refractivity contribution in [3.05, 3.63) is 0 Å². The highest BCUT2D eigenvalue weighted by Gasteiger charge is 2.73. The molecular weight excluding hydrogens is 460 g/mol. The molecule has 2 aliphatic heterocycles. The molecule has 0 aromatic carbocycles. The number of ether oxygens (including phenoxy) is 3. The number of hydrogen-bond acceptors (Lipinski definition) is 7. The van der Waals surface area contributed by atoms with Crippen molar-refractivity contribution in [1.82, 2.24) is 0 Å². The minimum atomic E-state index is -1.30. The Bertz CT molecular complexity index is 833. The minimum Gasteiger partial charge on any atom is -0.393 e. The van der Waals surface area contributed by atoms with E-state index >= 15 is 0 Å². The van der Waals surface area contributed by atoms with Crippen LogP contribution in [0, 0.1) is 21.7 Å². The van der Waals surface area contributed by atoms with E-state index in [2.05, 4.69) is 13.8 Å². The summed E-state index contributed by atoms with van der Waals surface area (Å²) in [5.74, 6) is 0. The third-order valence-corrected chi connectivity index (χ3v) is 12.7. The van der Waals surface area contributed by atoms with Crippen LogP contribution in [0.15, 0.2) is 0 Å². The second kappa shape index (κ2) is 8.61. The maximum atomic E-state index is 12.0. The Morgan fingerprint density at radius 3 is 1.39 bits per heavy atom. The van der Waals surface area contributed by atoms with E-state index in [9.17, 15) is 20.4 Å². The summed E-state index contributed by atoms with van der Waals surface area (Å²) in [4.78, 5) is 0. The van der Waals surface area contributed by atoms with Gasteiger partial charge in [-0.1, -0.05) is 48.5 Å². The van der Waals surface area contributed by atoms with Crippen molar-refractivity contribution < 1.29 is 34.6 Å². The first-order chi connectivity index (χ1) is 15.8. The fourth-order valence-corrected chi connectivity index (χ4v) is 7.48. The highest BCUT2D eigenvalue weighted by molar-refractivity contribution is 5.21. The van der Waals surface area contributed by atoms with E-state index in [0.717, 1.165) is 0 Å². The summed E-state index contributed by atoms with van der Waals surface area (Å²) in [7, 11) is 0. The Labute approximate surface area is 219 Å². The van der Waals surface area contributed by atoms with Crippen LogP contribution in [0.3, 0.4) is 0 Å². The average Bonchev–Trinajstić information content (AvgIpc) is 2.75. The lowest BCUT2D eigenvalue weighted by Gasteiger charge is -2.70. The summed E-state index contributed by atoms with van der Waals surface area (Å²) >= 11 is 0. The van der Waals surface area contributed by atoms with Crippen molar-refractivity contribution in [3.8, 4) is 0 Å². The summed E-state index contributed by atoms with van der Waals surface area (Å²) < 4.78 is 19.5. The van der Waals surface area contributed by atoms with Gasteiger partial charge in [0.15, 0.2) is 0 Å². The van der Waals surface area contributed by atoms with Crippen LogP contribution in [0.1, 0.15) is 103 Å². The summed E-state index contributed by atoms with van der Waals surface area (Å²) in [6.07, 6.45) is 0.716. The maximum absolute atomic E-state index is 12.0. The molecule has 0 aromatic heterocycles. The molecule has 4 N–H and O–H groups in total. The number of aliphatic hydroxyl groups excluding tert-OH is 2. The lowest BCUT2D eigenvalue weighted by atomic mass is 9.46. The van der Waals surface area contributed by atoms with E-state index in [1.807, 2.05) is 69.2 Å². The normalized spacial score (nSPS) is 50.2. The summed E-state index contributed by atoms with van der Waals surface area (Å²) in [6, 6.07) is 0. The molecule has 7 atom stereocenters. The molecule has 0 aromatic rings. The van der Waals surface area contributed by atoms with Crippen LogP contribution in [0.5, 0.6) is 0 Å². The van der Waals surface area contributed by atoms with E-state index in [0.29, 0.717) is 6.42 Å². The molecule has 0 spiro atoms. The molecule has 0 bridgehead atoms. The van der Waals surface area contributed by atoms with Gasteiger partial charge in [-0.3, -0.25) is 0 Å². The largest absolute Gasteiger partial charge is 0.393 e. The van der Waals surface area contributed by atoms with Gasteiger partial charge in [-0.25, -0.2) is 0 Å². The first-order valence-corrected chi connectivity index (χ1v) is 13.4. The Balaban J connectivity index is 2.48. The molecule has 2 heterocycles. The zero-order valence-corrected chi connectivity index (χ0v) is 25.5. The first kappa shape index (κ1) is 31.9. The molecule has 0 saturated carbocycles. The number of hydrogen-bond donors (Lipinski definition) is 4. The molecule has 0 amide bonds. The highest BCUT2D eigenvalue weighted by Crippen LogP contribution is 2.65. The summed E-state index contributed by atoms with van der Waals surface area (Å²) in [5, 5.41) is 44.7. The van der Waals surface area contributed by atoms with Crippen LogP contribution >= 0.6 is 0 Å². The molecule has 2 saturated heterocycles. The van der Waals surface area contributed by atoms with Crippen LogP contribution in [0.4, 0.5) is 0 Å². The quantitative estimate of drug-likeness (QED) is 0.404. The highest BCUT2D eigenvalue weighted by atomic mass is 16.6. The maximum Gasteiger partial charge on any atom is 0.118 e. The zero-order chi connectivity index (χ0) is 28.7. The number of rotatable bonds is 7. The molecule has 2 fully saturated rings. The van der Waals surface area contributed by atoms with Crippen LogP contribution in [-0.2, 0) is 14.2 Å². The monoisotopic (exact) mass is 516 g/mol. The van der Waals surface area contributed by atoms with Gasteiger partial charge in [0.25, 0.3) is 0 Å². The van der Waals surface area contributed by atoms with E-state index in [1.54, 1.807) is 13.8 Å². The van der Waals surface area contributed by atoms with Gasteiger partial charge in [-0.2, -0.15) is 0 Å². The average molecular weight is 517 g/mol. The SMILES string of the molecule is CCC1(C)C(C)(CO)OC(C)(COCC2(C)C(C)(CO)OC(C)(C)C(C)(O)C2(C)C)C(C)(O)C1(C)C. The van der Waals surface area contributed by atoms with E-state index in [-0.39, 0.29) is 26.4 Å². The third-order valence-electron chi connectivity index (χ3n) is 12.7. The predicted molar refractivity (Wildman–Crippen MR) is 142 cm³/mol.